The van der Waals surface area contributed by atoms with Gasteiger partial charge in [0.05, 0.1) is 30.5 Å². The van der Waals surface area contributed by atoms with Crippen LogP contribution in [-0.2, 0) is 6.18 Å². The molecule has 0 radical (unpaired) electrons. The van der Waals surface area contributed by atoms with E-state index in [0.717, 1.165) is 12.1 Å². The van der Waals surface area contributed by atoms with Crippen LogP contribution >= 0.6 is 23.2 Å². The Balaban J connectivity index is 2.01. The summed E-state index contributed by atoms with van der Waals surface area (Å²) in [7, 11) is 2.93. The number of ether oxygens (including phenoxy) is 2. The van der Waals surface area contributed by atoms with Crippen LogP contribution < -0.4 is 14.8 Å². The molecule has 0 fully saturated rings. The molecule has 0 atom stereocenters. The van der Waals surface area contributed by atoms with Crippen LogP contribution in [0.2, 0.25) is 10.2 Å². The van der Waals surface area contributed by atoms with Crippen molar-refractivity contribution in [3.05, 3.63) is 58.2 Å². The van der Waals surface area contributed by atoms with Crippen LogP contribution in [0.25, 0.3) is 11.4 Å². The van der Waals surface area contributed by atoms with Gasteiger partial charge >= 0.3 is 6.18 Å². The molecule has 3 rings (SSSR count). The Morgan fingerprint density at radius 3 is 2.31 bits per heavy atom. The Kier molecular flexibility index (Phi) is 6.04. The molecule has 1 N–H and O–H groups in total. The molecule has 10 heteroatoms. The molecule has 0 bridgehead atoms. The number of hydrogen-bond acceptors (Lipinski definition) is 5. The number of alkyl halides is 3. The Bertz CT molecular complexity index is 1050. The molecular weight excluding hydrogens is 430 g/mol. The maximum atomic E-state index is 13.0. The number of nitrogens with zero attached hydrogens (tertiary/aromatic N) is 2. The number of hydrogen-bond donors (Lipinski definition) is 1. The van der Waals surface area contributed by atoms with Crippen molar-refractivity contribution in [1.82, 2.24) is 9.97 Å². The van der Waals surface area contributed by atoms with Crippen molar-refractivity contribution >= 4 is 34.7 Å². The van der Waals surface area contributed by atoms with Crippen molar-refractivity contribution in [3.8, 4) is 22.9 Å². The van der Waals surface area contributed by atoms with E-state index in [1.807, 2.05) is 0 Å². The van der Waals surface area contributed by atoms with Crippen molar-refractivity contribution in [2.75, 3.05) is 19.5 Å². The number of aromatic nitrogens is 2. The van der Waals surface area contributed by atoms with Gasteiger partial charge < -0.3 is 14.8 Å². The molecule has 0 saturated heterocycles. The molecule has 29 heavy (non-hydrogen) atoms. The van der Waals surface area contributed by atoms with Gasteiger partial charge in [-0.3, -0.25) is 0 Å². The SMILES string of the molecule is COc1cc(Nc2cc(Cl)nc(-c3cccc(C(F)(F)F)c3)n2)c(OC)cc1Cl. The van der Waals surface area contributed by atoms with Crippen molar-refractivity contribution < 1.29 is 22.6 Å². The van der Waals surface area contributed by atoms with Gasteiger partial charge in [0.1, 0.15) is 22.5 Å². The van der Waals surface area contributed by atoms with Crippen LogP contribution in [0.1, 0.15) is 5.56 Å². The molecule has 5 nitrogen and oxygen atoms in total. The lowest BCUT2D eigenvalue weighted by atomic mass is 10.1. The quantitative estimate of drug-likeness (QED) is 0.473. The van der Waals surface area contributed by atoms with Gasteiger partial charge in [-0.05, 0) is 12.1 Å². The van der Waals surface area contributed by atoms with E-state index < -0.39 is 11.7 Å². The maximum Gasteiger partial charge on any atom is 0.416 e. The van der Waals surface area contributed by atoms with Gasteiger partial charge in [0.25, 0.3) is 0 Å². The molecular formula is C19H14Cl2F3N3O2. The van der Waals surface area contributed by atoms with Gasteiger partial charge in [-0.2, -0.15) is 13.2 Å². The first-order valence-electron chi connectivity index (χ1n) is 8.12. The smallest absolute Gasteiger partial charge is 0.416 e. The number of anilines is 2. The highest BCUT2D eigenvalue weighted by Crippen LogP contribution is 2.38. The average molecular weight is 444 g/mol. The fourth-order valence-corrected chi connectivity index (χ4v) is 2.96. The number of methoxy groups -OCH3 is 2. The average Bonchev–Trinajstić information content (AvgIpc) is 2.68. The van der Waals surface area contributed by atoms with E-state index in [-0.39, 0.29) is 22.4 Å². The van der Waals surface area contributed by atoms with E-state index in [0.29, 0.717) is 22.2 Å². The second kappa shape index (κ2) is 8.34. The maximum absolute atomic E-state index is 13.0. The Morgan fingerprint density at radius 2 is 1.66 bits per heavy atom. The predicted octanol–water partition coefficient (Wildman–Crippen LogP) is 6.23. The van der Waals surface area contributed by atoms with Gasteiger partial charge in [-0.25, -0.2) is 9.97 Å². The minimum atomic E-state index is -4.48. The van der Waals surface area contributed by atoms with Crippen molar-refractivity contribution in [2.24, 2.45) is 0 Å². The number of benzene rings is 2. The number of rotatable bonds is 5. The van der Waals surface area contributed by atoms with E-state index in [1.54, 1.807) is 12.1 Å². The van der Waals surface area contributed by atoms with Crippen molar-refractivity contribution in [1.29, 1.82) is 0 Å². The number of nitrogens with one attached hydrogen (secondary N) is 1. The normalized spacial score (nSPS) is 11.3. The Labute approximate surface area is 174 Å². The van der Waals surface area contributed by atoms with Crippen LogP contribution in [0.15, 0.2) is 42.5 Å². The zero-order chi connectivity index (χ0) is 21.2. The molecule has 1 heterocycles. The minimum Gasteiger partial charge on any atom is -0.495 e. The molecule has 0 spiro atoms. The summed E-state index contributed by atoms with van der Waals surface area (Å²) in [5.41, 5.74) is -0.165. The van der Waals surface area contributed by atoms with E-state index in [1.165, 1.54) is 32.4 Å². The summed E-state index contributed by atoms with van der Waals surface area (Å²) >= 11 is 12.2. The topological polar surface area (TPSA) is 56.3 Å². The number of halogens is 5. The lowest BCUT2D eigenvalue weighted by molar-refractivity contribution is -0.137. The van der Waals surface area contributed by atoms with E-state index in [2.05, 4.69) is 15.3 Å². The molecule has 1 aromatic heterocycles. The zero-order valence-electron chi connectivity index (χ0n) is 15.1. The van der Waals surface area contributed by atoms with Crippen molar-refractivity contribution in [2.45, 2.75) is 6.18 Å². The van der Waals surface area contributed by atoms with Crippen LogP contribution in [0.3, 0.4) is 0 Å². The van der Waals surface area contributed by atoms with E-state index >= 15 is 0 Å². The summed E-state index contributed by atoms with van der Waals surface area (Å²) in [6.45, 7) is 0. The molecule has 0 saturated carbocycles. The predicted molar refractivity (Wildman–Crippen MR) is 105 cm³/mol. The molecule has 3 aromatic rings. The molecule has 0 aliphatic rings. The largest absolute Gasteiger partial charge is 0.495 e. The highest BCUT2D eigenvalue weighted by molar-refractivity contribution is 6.32. The summed E-state index contributed by atoms with van der Waals surface area (Å²) in [5, 5.41) is 3.40. The fraction of sp³-hybridized carbons (Fsp3) is 0.158. The lowest BCUT2D eigenvalue weighted by Crippen LogP contribution is -2.05. The highest BCUT2D eigenvalue weighted by atomic mass is 35.5. The third-order valence-corrected chi connectivity index (χ3v) is 4.37. The van der Waals surface area contributed by atoms with Gasteiger partial charge in [-0.15, -0.1) is 0 Å². The van der Waals surface area contributed by atoms with E-state index in [4.69, 9.17) is 32.7 Å². The Morgan fingerprint density at radius 1 is 0.931 bits per heavy atom. The summed E-state index contributed by atoms with van der Waals surface area (Å²) in [4.78, 5) is 8.30. The summed E-state index contributed by atoms with van der Waals surface area (Å²) in [6, 6.07) is 9.26. The molecule has 0 unspecified atom stereocenters. The van der Waals surface area contributed by atoms with Crippen LogP contribution in [0.4, 0.5) is 24.7 Å². The van der Waals surface area contributed by atoms with E-state index in [9.17, 15) is 13.2 Å². The fourth-order valence-electron chi connectivity index (χ4n) is 2.54. The zero-order valence-corrected chi connectivity index (χ0v) is 16.7. The van der Waals surface area contributed by atoms with Gasteiger partial charge in [0.15, 0.2) is 5.82 Å². The third-order valence-electron chi connectivity index (χ3n) is 3.88. The van der Waals surface area contributed by atoms with Crippen molar-refractivity contribution in [3.63, 3.8) is 0 Å². The monoisotopic (exact) mass is 443 g/mol. The second-order valence-corrected chi connectivity index (χ2v) is 6.58. The molecule has 0 amide bonds. The molecule has 2 aromatic carbocycles. The first kappa shape index (κ1) is 21.0. The van der Waals surface area contributed by atoms with Gasteiger partial charge in [0.2, 0.25) is 0 Å². The second-order valence-electron chi connectivity index (χ2n) is 5.79. The minimum absolute atomic E-state index is 0.0333. The lowest BCUT2D eigenvalue weighted by Gasteiger charge is -2.14. The highest BCUT2D eigenvalue weighted by Gasteiger charge is 2.30. The standard InChI is InChI=1S/C19H14Cl2F3N3O2/c1-28-14-8-13(15(29-2)7-12(14)20)25-17-9-16(21)26-18(27-17)10-4-3-5-11(6-10)19(22,23)24/h3-9H,1-2H3,(H,25,26,27). The van der Waals surface area contributed by atoms with Crippen LogP contribution in [0.5, 0.6) is 11.5 Å². The molecule has 152 valence electrons. The summed E-state index contributed by atoms with van der Waals surface area (Å²) < 4.78 is 49.5. The van der Waals surface area contributed by atoms with Crippen LogP contribution in [-0.4, -0.2) is 24.2 Å². The first-order chi connectivity index (χ1) is 13.7. The summed E-state index contributed by atoms with van der Waals surface area (Å²) in [6.07, 6.45) is -4.48. The summed E-state index contributed by atoms with van der Waals surface area (Å²) in [5.74, 6) is 1.09. The Hall–Kier alpha value is -2.71. The first-order valence-corrected chi connectivity index (χ1v) is 8.87. The third kappa shape index (κ3) is 4.83. The molecule has 0 aliphatic carbocycles. The van der Waals surface area contributed by atoms with Gasteiger partial charge in [0, 0.05) is 23.8 Å². The van der Waals surface area contributed by atoms with Gasteiger partial charge in [-0.1, -0.05) is 35.3 Å². The van der Waals surface area contributed by atoms with Crippen LogP contribution in [0, 0.1) is 0 Å². The molecule has 0 aliphatic heterocycles.